The van der Waals surface area contributed by atoms with E-state index >= 15 is 0 Å². The van der Waals surface area contributed by atoms with Gasteiger partial charge in [0.1, 0.15) is 13.2 Å². The number of hydrogen-bond acceptors (Lipinski definition) is 7. The molecule has 0 aliphatic rings. The van der Waals surface area contributed by atoms with Gasteiger partial charge in [-0.15, -0.1) is 0 Å². The zero-order chi connectivity index (χ0) is 24.2. The Morgan fingerprint density at radius 2 is 0.727 bits per heavy atom. The number of unbranched alkanes of at least 4 members (excludes halogenated alkanes) is 10. The summed E-state index contributed by atoms with van der Waals surface area (Å²) in [5.74, 6) is -0.286. The first-order valence-electron chi connectivity index (χ1n) is 13.2. The van der Waals surface area contributed by atoms with Gasteiger partial charge in [0.2, 0.25) is 0 Å². The Hall–Kier alpha value is -1.18. The molecule has 0 heterocycles. The van der Waals surface area contributed by atoms with Gasteiger partial charge in [-0.1, -0.05) is 78.1 Å². The maximum Gasteiger partial charge on any atom is 0.305 e. The Morgan fingerprint density at radius 3 is 1.09 bits per heavy atom. The highest BCUT2D eigenvalue weighted by molar-refractivity contribution is 5.69. The lowest BCUT2D eigenvalue weighted by Crippen LogP contribution is -2.15. The number of carbonyl (C=O) groups excluding carboxylic acids is 2. The van der Waals surface area contributed by atoms with Crippen LogP contribution in [0, 0.1) is 0 Å². The Balaban J connectivity index is 3.20. The summed E-state index contributed by atoms with van der Waals surface area (Å²) < 4.78 is 26.5. The molecule has 0 aliphatic heterocycles. The molecule has 196 valence electrons. The molecular weight excluding hydrogens is 424 g/mol. The minimum absolute atomic E-state index is 0.143. The molecule has 0 rings (SSSR count). The molecule has 7 nitrogen and oxygen atoms in total. The van der Waals surface area contributed by atoms with Crippen LogP contribution in [0.25, 0.3) is 0 Å². The fourth-order valence-corrected chi connectivity index (χ4v) is 3.21. The third-order valence-electron chi connectivity index (χ3n) is 5.19. The van der Waals surface area contributed by atoms with Gasteiger partial charge in [-0.25, -0.2) is 0 Å². The molecule has 0 amide bonds. The van der Waals surface area contributed by atoms with Crippen molar-refractivity contribution in [3.05, 3.63) is 0 Å². The van der Waals surface area contributed by atoms with Crippen molar-refractivity contribution in [2.45, 2.75) is 104 Å². The number of hydrogen-bond donors (Lipinski definition) is 0. The Kier molecular flexibility index (Phi) is 26.1. The normalized spacial score (nSPS) is 11.0. The van der Waals surface area contributed by atoms with Crippen LogP contribution in [0.4, 0.5) is 0 Å². The van der Waals surface area contributed by atoms with Crippen molar-refractivity contribution in [2.24, 2.45) is 0 Å². The van der Waals surface area contributed by atoms with E-state index in [4.69, 9.17) is 23.7 Å². The van der Waals surface area contributed by atoms with Gasteiger partial charge in [-0.05, 0) is 12.8 Å². The van der Waals surface area contributed by atoms with Gasteiger partial charge >= 0.3 is 11.9 Å². The predicted molar refractivity (Wildman–Crippen MR) is 130 cm³/mol. The zero-order valence-electron chi connectivity index (χ0n) is 21.4. The van der Waals surface area contributed by atoms with Crippen LogP contribution in [-0.4, -0.2) is 64.8 Å². The third kappa shape index (κ3) is 26.9. The summed E-state index contributed by atoms with van der Waals surface area (Å²) in [6.45, 7) is 7.55. The van der Waals surface area contributed by atoms with Crippen molar-refractivity contribution >= 4 is 11.9 Å². The third-order valence-corrected chi connectivity index (χ3v) is 5.19. The lowest BCUT2D eigenvalue weighted by atomic mass is 10.1. The van der Waals surface area contributed by atoms with E-state index in [1.807, 2.05) is 0 Å². The molecule has 0 N–H and O–H groups in total. The van der Waals surface area contributed by atoms with Crippen molar-refractivity contribution in [2.75, 3.05) is 52.9 Å². The van der Waals surface area contributed by atoms with Gasteiger partial charge in [-0.2, -0.15) is 0 Å². The molecule has 0 saturated carbocycles. The summed E-state index contributed by atoms with van der Waals surface area (Å²) in [7, 11) is 0. The molecule has 0 saturated heterocycles. The molecule has 0 aromatic carbocycles. The van der Waals surface area contributed by atoms with Crippen molar-refractivity contribution in [1.29, 1.82) is 0 Å². The minimum atomic E-state index is -0.143. The Bertz CT molecular complexity index is 391. The van der Waals surface area contributed by atoms with E-state index in [2.05, 4.69) is 13.8 Å². The van der Waals surface area contributed by atoms with E-state index in [0.717, 1.165) is 25.7 Å². The van der Waals surface area contributed by atoms with Gasteiger partial charge in [0.25, 0.3) is 0 Å². The highest BCUT2D eigenvalue weighted by atomic mass is 16.6. The maximum atomic E-state index is 11.6. The summed E-state index contributed by atoms with van der Waals surface area (Å²) in [6, 6.07) is 0. The maximum absolute atomic E-state index is 11.6. The molecule has 0 spiro atoms. The standard InChI is InChI=1S/C26H50O7/c1-3-5-7-9-11-13-15-25(27)32-23-21-30-19-17-29-18-20-31-22-24-33-26(28)16-14-12-10-8-6-4-2/h3-24H2,1-2H3. The number of ether oxygens (including phenoxy) is 5. The molecule has 7 heteroatoms. The van der Waals surface area contributed by atoms with Crippen molar-refractivity contribution < 1.29 is 33.3 Å². The summed E-state index contributed by atoms with van der Waals surface area (Å²) in [6.07, 6.45) is 14.9. The van der Waals surface area contributed by atoms with Crippen LogP contribution < -0.4 is 0 Å². The van der Waals surface area contributed by atoms with E-state index in [1.54, 1.807) is 0 Å². The van der Waals surface area contributed by atoms with Crippen LogP contribution in [0.3, 0.4) is 0 Å². The first-order chi connectivity index (χ1) is 16.2. The molecule has 0 atom stereocenters. The van der Waals surface area contributed by atoms with Gasteiger partial charge in [0.15, 0.2) is 0 Å². The van der Waals surface area contributed by atoms with Gasteiger partial charge in [-0.3, -0.25) is 9.59 Å². The fraction of sp³-hybridized carbons (Fsp3) is 0.923. The first kappa shape index (κ1) is 31.8. The quantitative estimate of drug-likeness (QED) is 0.119. The SMILES string of the molecule is CCCCCCCCC(=O)OCCOCCOCCOCCOC(=O)CCCCCCCC. The second kappa shape index (κ2) is 27.1. The molecule has 0 bridgehead atoms. The van der Waals surface area contributed by atoms with E-state index < -0.39 is 0 Å². The van der Waals surface area contributed by atoms with E-state index in [-0.39, 0.29) is 25.2 Å². The first-order valence-corrected chi connectivity index (χ1v) is 13.2. The molecule has 0 aromatic heterocycles. The molecule has 33 heavy (non-hydrogen) atoms. The second-order valence-corrected chi connectivity index (χ2v) is 8.31. The van der Waals surface area contributed by atoms with E-state index in [0.29, 0.717) is 52.5 Å². The highest BCUT2D eigenvalue weighted by Crippen LogP contribution is 2.08. The topological polar surface area (TPSA) is 80.3 Å². The van der Waals surface area contributed by atoms with Crippen molar-refractivity contribution in [3.63, 3.8) is 0 Å². The summed E-state index contributed by atoms with van der Waals surface area (Å²) >= 11 is 0. The van der Waals surface area contributed by atoms with Crippen LogP contribution in [0.5, 0.6) is 0 Å². The van der Waals surface area contributed by atoms with E-state index in [1.165, 1.54) is 51.4 Å². The van der Waals surface area contributed by atoms with Gasteiger partial charge in [0.05, 0.1) is 39.6 Å². The number of carbonyl (C=O) groups is 2. The Labute approximate surface area is 202 Å². The summed E-state index contributed by atoms with van der Waals surface area (Å²) in [5, 5.41) is 0. The van der Waals surface area contributed by atoms with Crippen LogP contribution in [0.15, 0.2) is 0 Å². The van der Waals surface area contributed by atoms with Crippen LogP contribution in [0.2, 0.25) is 0 Å². The largest absolute Gasteiger partial charge is 0.463 e. The minimum Gasteiger partial charge on any atom is -0.463 e. The monoisotopic (exact) mass is 474 g/mol. The van der Waals surface area contributed by atoms with Gasteiger partial charge < -0.3 is 23.7 Å². The second-order valence-electron chi connectivity index (χ2n) is 8.31. The number of rotatable bonds is 26. The average molecular weight is 475 g/mol. The average Bonchev–Trinajstić information content (AvgIpc) is 2.81. The highest BCUT2D eigenvalue weighted by Gasteiger charge is 2.03. The smallest absolute Gasteiger partial charge is 0.305 e. The number of esters is 2. The van der Waals surface area contributed by atoms with Crippen molar-refractivity contribution in [3.8, 4) is 0 Å². The molecule has 0 radical (unpaired) electrons. The van der Waals surface area contributed by atoms with Crippen LogP contribution in [-0.2, 0) is 33.3 Å². The molecular formula is C26H50O7. The summed E-state index contributed by atoms with van der Waals surface area (Å²) in [4.78, 5) is 23.2. The molecule has 0 fully saturated rings. The lowest BCUT2D eigenvalue weighted by molar-refractivity contribution is -0.146. The lowest BCUT2D eigenvalue weighted by Gasteiger charge is -2.08. The van der Waals surface area contributed by atoms with E-state index in [9.17, 15) is 9.59 Å². The Morgan fingerprint density at radius 1 is 0.424 bits per heavy atom. The predicted octanol–water partition coefficient (Wildman–Crippen LogP) is 5.62. The summed E-state index contributed by atoms with van der Waals surface area (Å²) in [5.41, 5.74) is 0. The fourth-order valence-electron chi connectivity index (χ4n) is 3.21. The van der Waals surface area contributed by atoms with Gasteiger partial charge in [0, 0.05) is 12.8 Å². The molecule has 0 aromatic rings. The zero-order valence-corrected chi connectivity index (χ0v) is 21.4. The van der Waals surface area contributed by atoms with Crippen LogP contribution in [0.1, 0.15) is 104 Å². The van der Waals surface area contributed by atoms with Crippen molar-refractivity contribution in [1.82, 2.24) is 0 Å². The van der Waals surface area contributed by atoms with Crippen LogP contribution >= 0.6 is 0 Å². The molecule has 0 unspecified atom stereocenters. The molecule has 0 aliphatic carbocycles.